The Bertz CT molecular complexity index is 189. The van der Waals surface area contributed by atoms with Crippen LogP contribution in [0.5, 0.6) is 0 Å². The van der Waals surface area contributed by atoms with Crippen LogP contribution in [0.15, 0.2) is 0 Å². The van der Waals surface area contributed by atoms with Crippen LogP contribution in [0.4, 0.5) is 0 Å². The van der Waals surface area contributed by atoms with Gasteiger partial charge in [0.1, 0.15) is 0 Å². The van der Waals surface area contributed by atoms with Gasteiger partial charge in [0.15, 0.2) is 0 Å². The second kappa shape index (κ2) is 8.39. The Morgan fingerprint density at radius 1 is 1.24 bits per heavy atom. The average Bonchev–Trinajstić information content (AvgIpc) is 2.20. The second-order valence-corrected chi connectivity index (χ2v) is 7.41. The SMILES string of the molecule is CSCCC(C)N(C)CCC(N)CC(C)(C)C. The topological polar surface area (TPSA) is 29.3 Å². The molecule has 0 aliphatic heterocycles. The lowest BCUT2D eigenvalue weighted by atomic mass is 9.87. The van der Waals surface area contributed by atoms with Crippen molar-refractivity contribution in [3.05, 3.63) is 0 Å². The van der Waals surface area contributed by atoms with Crippen LogP contribution in [-0.4, -0.2) is 42.6 Å². The van der Waals surface area contributed by atoms with Gasteiger partial charge < -0.3 is 10.6 Å². The number of hydrogen-bond donors (Lipinski definition) is 1. The van der Waals surface area contributed by atoms with Crippen LogP contribution in [0.25, 0.3) is 0 Å². The fourth-order valence-corrected chi connectivity index (χ4v) is 2.56. The summed E-state index contributed by atoms with van der Waals surface area (Å²) in [5.74, 6) is 1.25. The van der Waals surface area contributed by atoms with Crippen molar-refractivity contribution in [1.29, 1.82) is 0 Å². The Labute approximate surface area is 113 Å². The fraction of sp³-hybridized carbons (Fsp3) is 1.00. The first-order chi connectivity index (χ1) is 7.76. The molecule has 0 aromatic carbocycles. The molecule has 0 rings (SSSR count). The molecule has 104 valence electrons. The fourth-order valence-electron chi connectivity index (χ4n) is 1.99. The van der Waals surface area contributed by atoms with Gasteiger partial charge in [-0.2, -0.15) is 11.8 Å². The zero-order valence-electron chi connectivity index (χ0n) is 12.6. The van der Waals surface area contributed by atoms with Crippen LogP contribution in [0.3, 0.4) is 0 Å². The van der Waals surface area contributed by atoms with E-state index in [0.717, 1.165) is 19.4 Å². The van der Waals surface area contributed by atoms with Gasteiger partial charge in [0.25, 0.3) is 0 Å². The zero-order chi connectivity index (χ0) is 13.5. The minimum atomic E-state index is 0.338. The molecule has 0 fully saturated rings. The van der Waals surface area contributed by atoms with Gasteiger partial charge in [-0.25, -0.2) is 0 Å². The van der Waals surface area contributed by atoms with Crippen molar-refractivity contribution in [2.45, 2.75) is 59.0 Å². The summed E-state index contributed by atoms with van der Waals surface area (Å²) in [7, 11) is 2.22. The quantitative estimate of drug-likeness (QED) is 0.726. The Hall–Kier alpha value is 0.270. The van der Waals surface area contributed by atoms with Gasteiger partial charge in [0, 0.05) is 12.1 Å². The molecule has 0 saturated carbocycles. The van der Waals surface area contributed by atoms with E-state index >= 15 is 0 Å². The van der Waals surface area contributed by atoms with Crippen molar-refractivity contribution < 1.29 is 0 Å². The third-order valence-corrected chi connectivity index (χ3v) is 3.86. The molecular weight excluding hydrogens is 228 g/mol. The van der Waals surface area contributed by atoms with Crippen molar-refractivity contribution in [3.8, 4) is 0 Å². The highest BCUT2D eigenvalue weighted by Crippen LogP contribution is 2.21. The summed E-state index contributed by atoms with van der Waals surface area (Å²) >= 11 is 1.93. The van der Waals surface area contributed by atoms with Crippen LogP contribution < -0.4 is 5.73 Å². The number of rotatable bonds is 8. The predicted octanol–water partition coefficient (Wildman–Crippen LogP) is 3.21. The molecule has 2 N–H and O–H groups in total. The Kier molecular flexibility index (Phi) is 8.52. The second-order valence-electron chi connectivity index (χ2n) is 6.42. The standard InChI is InChI=1S/C14H32N2S/c1-12(8-10-17-6)16(5)9-7-13(15)11-14(2,3)4/h12-13H,7-11,15H2,1-6H3. The molecule has 0 radical (unpaired) electrons. The van der Waals surface area contributed by atoms with E-state index in [1.165, 1.54) is 12.2 Å². The van der Waals surface area contributed by atoms with Gasteiger partial charge in [0.05, 0.1) is 0 Å². The Balaban J connectivity index is 3.78. The summed E-state index contributed by atoms with van der Waals surface area (Å²) in [5, 5.41) is 0. The van der Waals surface area contributed by atoms with Crippen LogP contribution in [-0.2, 0) is 0 Å². The summed E-state index contributed by atoms with van der Waals surface area (Å²) < 4.78 is 0. The highest BCUT2D eigenvalue weighted by atomic mass is 32.2. The van der Waals surface area contributed by atoms with E-state index in [2.05, 4.69) is 45.9 Å². The van der Waals surface area contributed by atoms with E-state index in [9.17, 15) is 0 Å². The molecule has 3 heteroatoms. The molecule has 0 aromatic heterocycles. The maximum absolute atomic E-state index is 6.18. The van der Waals surface area contributed by atoms with Crippen molar-refractivity contribution in [2.24, 2.45) is 11.1 Å². The summed E-state index contributed by atoms with van der Waals surface area (Å²) in [5.41, 5.74) is 6.53. The van der Waals surface area contributed by atoms with Gasteiger partial charge in [-0.05, 0) is 57.2 Å². The van der Waals surface area contributed by atoms with Gasteiger partial charge >= 0.3 is 0 Å². The maximum Gasteiger partial charge on any atom is 0.00717 e. The van der Waals surface area contributed by atoms with Gasteiger partial charge in [-0.1, -0.05) is 20.8 Å². The number of thioether (sulfide) groups is 1. The third-order valence-electron chi connectivity index (χ3n) is 3.22. The van der Waals surface area contributed by atoms with Crippen LogP contribution >= 0.6 is 11.8 Å². The van der Waals surface area contributed by atoms with E-state index in [1.807, 2.05) is 11.8 Å². The minimum absolute atomic E-state index is 0.338. The summed E-state index contributed by atoms with van der Waals surface area (Å²) in [4.78, 5) is 2.44. The van der Waals surface area contributed by atoms with Crippen molar-refractivity contribution in [3.63, 3.8) is 0 Å². The lowest BCUT2D eigenvalue weighted by Gasteiger charge is -2.28. The minimum Gasteiger partial charge on any atom is -0.328 e. The first-order valence-corrected chi connectivity index (χ1v) is 8.10. The molecule has 2 unspecified atom stereocenters. The summed E-state index contributed by atoms with van der Waals surface area (Å²) in [6.45, 7) is 10.2. The van der Waals surface area contributed by atoms with Gasteiger partial charge in [-0.15, -0.1) is 0 Å². The van der Waals surface area contributed by atoms with E-state index in [0.29, 0.717) is 17.5 Å². The van der Waals surface area contributed by atoms with Crippen molar-refractivity contribution in [2.75, 3.05) is 25.6 Å². The molecule has 0 aliphatic carbocycles. The molecular formula is C14H32N2S. The van der Waals surface area contributed by atoms with E-state index in [-0.39, 0.29) is 0 Å². The summed E-state index contributed by atoms with van der Waals surface area (Å²) in [6, 6.07) is 1.01. The number of nitrogens with two attached hydrogens (primary N) is 1. The summed E-state index contributed by atoms with van der Waals surface area (Å²) in [6.07, 6.45) is 5.66. The largest absolute Gasteiger partial charge is 0.328 e. The lowest BCUT2D eigenvalue weighted by Crippen LogP contribution is -2.35. The highest BCUT2D eigenvalue weighted by Gasteiger charge is 2.16. The molecule has 0 spiro atoms. The highest BCUT2D eigenvalue weighted by molar-refractivity contribution is 7.98. The Morgan fingerprint density at radius 3 is 2.29 bits per heavy atom. The van der Waals surface area contributed by atoms with Crippen LogP contribution in [0.1, 0.15) is 47.0 Å². The first kappa shape index (κ1) is 17.3. The monoisotopic (exact) mass is 260 g/mol. The molecule has 2 nitrogen and oxygen atoms in total. The van der Waals surface area contributed by atoms with E-state index in [1.54, 1.807) is 0 Å². The maximum atomic E-state index is 6.18. The van der Waals surface area contributed by atoms with Crippen LogP contribution in [0.2, 0.25) is 0 Å². The molecule has 0 saturated heterocycles. The molecule has 0 aliphatic rings. The van der Waals surface area contributed by atoms with Gasteiger partial charge in [0.2, 0.25) is 0 Å². The Morgan fingerprint density at radius 2 is 1.82 bits per heavy atom. The van der Waals surface area contributed by atoms with Crippen molar-refractivity contribution in [1.82, 2.24) is 4.90 Å². The number of nitrogens with zero attached hydrogens (tertiary/aromatic N) is 1. The lowest BCUT2D eigenvalue weighted by molar-refractivity contribution is 0.232. The third kappa shape index (κ3) is 9.93. The van der Waals surface area contributed by atoms with Crippen LogP contribution in [0, 0.1) is 5.41 Å². The normalized spacial score (nSPS) is 16.2. The molecule has 0 bridgehead atoms. The zero-order valence-corrected chi connectivity index (χ0v) is 13.4. The molecule has 0 amide bonds. The number of hydrogen-bond acceptors (Lipinski definition) is 3. The smallest absolute Gasteiger partial charge is 0.00717 e. The molecule has 0 aromatic rings. The average molecular weight is 260 g/mol. The predicted molar refractivity (Wildman–Crippen MR) is 81.8 cm³/mol. The van der Waals surface area contributed by atoms with E-state index in [4.69, 9.17) is 5.73 Å². The first-order valence-electron chi connectivity index (χ1n) is 6.71. The molecule has 17 heavy (non-hydrogen) atoms. The van der Waals surface area contributed by atoms with Crippen molar-refractivity contribution >= 4 is 11.8 Å². The molecule has 2 atom stereocenters. The molecule has 0 heterocycles. The van der Waals surface area contributed by atoms with Gasteiger partial charge in [-0.3, -0.25) is 0 Å². The van der Waals surface area contributed by atoms with E-state index < -0.39 is 0 Å².